The van der Waals surface area contributed by atoms with Crippen LogP contribution in [0.15, 0.2) is 54.6 Å². The van der Waals surface area contributed by atoms with Crippen LogP contribution in [0.3, 0.4) is 0 Å². The monoisotopic (exact) mass is 323 g/mol. The van der Waals surface area contributed by atoms with Crippen molar-refractivity contribution in [3.05, 3.63) is 54.6 Å². The Balaban J connectivity index is 1.82. The van der Waals surface area contributed by atoms with Gasteiger partial charge in [0.2, 0.25) is 17.7 Å². The standard InChI is InChI=1S/C18H17N3O3/c1-12(22)21-15-10-6-5-9-14(15)20-18(24)16(21)11-17(23)19-13-7-3-2-4-8-13/h2-10,16H,11H2,1H3,(H,19,23)(H,20,24). The van der Waals surface area contributed by atoms with Crippen molar-refractivity contribution in [1.29, 1.82) is 0 Å². The molecule has 3 rings (SSSR count). The molecule has 6 heteroatoms. The van der Waals surface area contributed by atoms with Gasteiger partial charge in [-0.1, -0.05) is 30.3 Å². The van der Waals surface area contributed by atoms with Crippen LogP contribution in [-0.4, -0.2) is 23.8 Å². The quantitative estimate of drug-likeness (QED) is 0.910. The minimum absolute atomic E-state index is 0.116. The molecule has 2 aromatic carbocycles. The van der Waals surface area contributed by atoms with Gasteiger partial charge in [-0.05, 0) is 24.3 Å². The molecule has 0 saturated heterocycles. The van der Waals surface area contributed by atoms with E-state index in [0.29, 0.717) is 17.1 Å². The van der Waals surface area contributed by atoms with E-state index in [1.165, 1.54) is 11.8 Å². The second kappa shape index (κ2) is 6.54. The van der Waals surface area contributed by atoms with E-state index < -0.39 is 6.04 Å². The molecule has 1 unspecified atom stereocenters. The molecule has 0 aromatic heterocycles. The van der Waals surface area contributed by atoms with E-state index >= 15 is 0 Å². The number of amides is 3. The first-order valence-electron chi connectivity index (χ1n) is 7.61. The zero-order chi connectivity index (χ0) is 17.1. The molecule has 1 aliphatic heterocycles. The first-order chi connectivity index (χ1) is 11.6. The Kier molecular flexibility index (Phi) is 4.29. The Bertz CT molecular complexity index is 789. The van der Waals surface area contributed by atoms with E-state index in [1.807, 2.05) is 6.07 Å². The van der Waals surface area contributed by atoms with Gasteiger partial charge in [-0.15, -0.1) is 0 Å². The molecule has 1 heterocycles. The number of hydrogen-bond donors (Lipinski definition) is 2. The minimum Gasteiger partial charge on any atom is -0.326 e. The summed E-state index contributed by atoms with van der Waals surface area (Å²) >= 11 is 0. The SMILES string of the molecule is CC(=O)N1c2ccccc2NC(=O)C1CC(=O)Nc1ccccc1. The third kappa shape index (κ3) is 3.12. The van der Waals surface area contributed by atoms with Crippen LogP contribution >= 0.6 is 0 Å². The molecular formula is C18H17N3O3. The van der Waals surface area contributed by atoms with Crippen LogP contribution in [0.25, 0.3) is 0 Å². The maximum atomic E-state index is 12.4. The summed E-state index contributed by atoms with van der Waals surface area (Å²) in [6.45, 7) is 1.39. The number of fused-ring (bicyclic) bond motifs is 1. The summed E-state index contributed by atoms with van der Waals surface area (Å²) < 4.78 is 0. The van der Waals surface area contributed by atoms with Gasteiger partial charge >= 0.3 is 0 Å². The molecule has 3 amide bonds. The van der Waals surface area contributed by atoms with E-state index in [0.717, 1.165) is 0 Å². The van der Waals surface area contributed by atoms with Gasteiger partial charge in [-0.3, -0.25) is 19.3 Å². The number of carbonyl (C=O) groups is 3. The van der Waals surface area contributed by atoms with E-state index in [2.05, 4.69) is 10.6 Å². The number of carbonyl (C=O) groups excluding carboxylic acids is 3. The Morgan fingerprint density at radius 1 is 1.08 bits per heavy atom. The second-order valence-electron chi connectivity index (χ2n) is 5.53. The summed E-state index contributed by atoms with van der Waals surface area (Å²) in [5.74, 6) is -0.978. The van der Waals surface area contributed by atoms with Gasteiger partial charge in [0.1, 0.15) is 6.04 Å². The van der Waals surface area contributed by atoms with Crippen LogP contribution in [0, 0.1) is 0 Å². The highest BCUT2D eigenvalue weighted by molar-refractivity contribution is 6.13. The van der Waals surface area contributed by atoms with E-state index in [9.17, 15) is 14.4 Å². The summed E-state index contributed by atoms with van der Waals surface area (Å²) in [5.41, 5.74) is 1.81. The maximum Gasteiger partial charge on any atom is 0.248 e. The summed E-state index contributed by atoms with van der Waals surface area (Å²) in [6.07, 6.45) is -0.116. The zero-order valence-corrected chi connectivity index (χ0v) is 13.2. The lowest BCUT2D eigenvalue weighted by molar-refractivity contribution is -0.125. The van der Waals surface area contributed by atoms with Crippen LogP contribution in [0.5, 0.6) is 0 Å². The average Bonchev–Trinajstić information content (AvgIpc) is 2.56. The predicted molar refractivity (Wildman–Crippen MR) is 91.7 cm³/mol. The largest absolute Gasteiger partial charge is 0.326 e. The van der Waals surface area contributed by atoms with Crippen LogP contribution in [-0.2, 0) is 14.4 Å². The van der Waals surface area contributed by atoms with Gasteiger partial charge in [0.05, 0.1) is 17.8 Å². The van der Waals surface area contributed by atoms with Crippen molar-refractivity contribution in [2.75, 3.05) is 15.5 Å². The summed E-state index contributed by atoms with van der Waals surface area (Å²) in [4.78, 5) is 38.1. The Morgan fingerprint density at radius 3 is 2.46 bits per heavy atom. The number of para-hydroxylation sites is 3. The van der Waals surface area contributed by atoms with E-state index in [4.69, 9.17) is 0 Å². The molecule has 0 radical (unpaired) electrons. The van der Waals surface area contributed by atoms with Crippen LogP contribution in [0.4, 0.5) is 17.1 Å². The van der Waals surface area contributed by atoms with Crippen molar-refractivity contribution in [2.24, 2.45) is 0 Å². The normalized spacial score (nSPS) is 16.1. The molecule has 1 atom stereocenters. The summed E-state index contributed by atoms with van der Waals surface area (Å²) in [7, 11) is 0. The third-order valence-corrected chi connectivity index (χ3v) is 3.81. The number of rotatable bonds is 3. The highest BCUT2D eigenvalue weighted by atomic mass is 16.2. The number of hydrogen-bond acceptors (Lipinski definition) is 3. The van der Waals surface area contributed by atoms with Gasteiger partial charge in [-0.2, -0.15) is 0 Å². The summed E-state index contributed by atoms with van der Waals surface area (Å²) in [6, 6.07) is 15.1. The number of benzene rings is 2. The zero-order valence-electron chi connectivity index (χ0n) is 13.2. The lowest BCUT2D eigenvalue weighted by atomic mass is 10.0. The second-order valence-corrected chi connectivity index (χ2v) is 5.53. The lowest BCUT2D eigenvalue weighted by Gasteiger charge is -2.35. The molecule has 24 heavy (non-hydrogen) atoms. The number of anilines is 3. The van der Waals surface area contributed by atoms with Crippen molar-refractivity contribution in [3.63, 3.8) is 0 Å². The van der Waals surface area contributed by atoms with Gasteiger partial charge in [0, 0.05) is 12.6 Å². The van der Waals surface area contributed by atoms with Gasteiger partial charge < -0.3 is 10.6 Å². The molecule has 2 aromatic rings. The third-order valence-electron chi connectivity index (χ3n) is 3.81. The van der Waals surface area contributed by atoms with Gasteiger partial charge in [0.15, 0.2) is 0 Å². The molecule has 0 fully saturated rings. The number of nitrogens with zero attached hydrogens (tertiary/aromatic N) is 1. The molecule has 2 N–H and O–H groups in total. The molecule has 6 nitrogen and oxygen atoms in total. The summed E-state index contributed by atoms with van der Waals surface area (Å²) in [5, 5.41) is 5.49. The molecular weight excluding hydrogens is 306 g/mol. The molecule has 0 spiro atoms. The highest BCUT2D eigenvalue weighted by Gasteiger charge is 2.36. The molecule has 1 aliphatic rings. The molecule has 0 saturated carbocycles. The van der Waals surface area contributed by atoms with Crippen molar-refractivity contribution in [1.82, 2.24) is 0 Å². The lowest BCUT2D eigenvalue weighted by Crippen LogP contribution is -2.51. The Hall–Kier alpha value is -3.15. The van der Waals surface area contributed by atoms with Crippen LogP contribution in [0.2, 0.25) is 0 Å². The van der Waals surface area contributed by atoms with Crippen molar-refractivity contribution in [3.8, 4) is 0 Å². The average molecular weight is 323 g/mol. The predicted octanol–water partition coefficient (Wildman–Crippen LogP) is 2.39. The molecule has 0 aliphatic carbocycles. The topological polar surface area (TPSA) is 78.5 Å². The van der Waals surface area contributed by atoms with E-state index in [1.54, 1.807) is 48.5 Å². The minimum atomic E-state index is -0.874. The van der Waals surface area contributed by atoms with Crippen molar-refractivity contribution < 1.29 is 14.4 Å². The fourth-order valence-corrected chi connectivity index (χ4v) is 2.77. The van der Waals surface area contributed by atoms with Crippen LogP contribution in [0.1, 0.15) is 13.3 Å². The number of nitrogens with one attached hydrogen (secondary N) is 2. The highest BCUT2D eigenvalue weighted by Crippen LogP contribution is 2.32. The fourth-order valence-electron chi connectivity index (χ4n) is 2.77. The molecule has 122 valence electrons. The molecule has 0 bridgehead atoms. The first kappa shape index (κ1) is 15.7. The Morgan fingerprint density at radius 2 is 1.75 bits per heavy atom. The van der Waals surface area contributed by atoms with Gasteiger partial charge in [0.25, 0.3) is 0 Å². The van der Waals surface area contributed by atoms with Crippen molar-refractivity contribution >= 4 is 34.8 Å². The fraction of sp³-hybridized carbons (Fsp3) is 0.167. The maximum absolute atomic E-state index is 12.4. The van der Waals surface area contributed by atoms with E-state index in [-0.39, 0.29) is 24.1 Å². The smallest absolute Gasteiger partial charge is 0.248 e. The van der Waals surface area contributed by atoms with Crippen molar-refractivity contribution in [2.45, 2.75) is 19.4 Å². The Labute approximate surface area is 139 Å². The first-order valence-corrected chi connectivity index (χ1v) is 7.61. The van der Waals surface area contributed by atoms with Gasteiger partial charge in [-0.25, -0.2) is 0 Å². The van der Waals surface area contributed by atoms with Crippen LogP contribution < -0.4 is 15.5 Å².